The van der Waals surface area contributed by atoms with Gasteiger partial charge in [-0.1, -0.05) is 27.5 Å². The monoisotopic (exact) mass is 262 g/mol. The molecule has 1 heterocycles. The first kappa shape index (κ1) is 9.16. The number of alkyl halides is 1. The van der Waals surface area contributed by atoms with Gasteiger partial charge in [0, 0.05) is 16.4 Å². The fourth-order valence-corrected chi connectivity index (χ4v) is 2.05. The van der Waals surface area contributed by atoms with Gasteiger partial charge in [0.05, 0.1) is 0 Å². The molecule has 1 aromatic rings. The molecule has 1 aromatic carbocycles. The van der Waals surface area contributed by atoms with Gasteiger partial charge in [-0.2, -0.15) is 0 Å². The Morgan fingerprint density at radius 2 is 1.85 bits per heavy atom. The first-order chi connectivity index (χ1) is 6.31. The van der Waals surface area contributed by atoms with Crippen molar-refractivity contribution in [2.24, 2.45) is 0 Å². The van der Waals surface area contributed by atoms with E-state index in [-0.39, 0.29) is 0 Å². The number of hydrogen-bond donors (Lipinski definition) is 0. The lowest BCUT2D eigenvalue weighted by Crippen LogP contribution is -2.15. The largest absolute Gasteiger partial charge is 0.486 e. The third kappa shape index (κ3) is 1.76. The minimum atomic E-state index is 0.594. The summed E-state index contributed by atoms with van der Waals surface area (Å²) in [6, 6.07) is 3.71. The summed E-state index contributed by atoms with van der Waals surface area (Å²) in [4.78, 5) is 0. The van der Waals surface area contributed by atoms with E-state index in [1.807, 2.05) is 6.07 Å². The van der Waals surface area contributed by atoms with Crippen molar-refractivity contribution in [2.75, 3.05) is 13.2 Å². The van der Waals surface area contributed by atoms with Crippen molar-refractivity contribution < 1.29 is 9.47 Å². The fourth-order valence-electron chi connectivity index (χ4n) is 1.21. The first-order valence-corrected chi connectivity index (χ1v) is 5.45. The molecule has 0 bridgehead atoms. The van der Waals surface area contributed by atoms with Gasteiger partial charge in [-0.25, -0.2) is 0 Å². The van der Waals surface area contributed by atoms with E-state index < -0.39 is 0 Å². The van der Waals surface area contributed by atoms with Crippen molar-refractivity contribution in [3.8, 4) is 11.5 Å². The van der Waals surface area contributed by atoms with Gasteiger partial charge in [0.15, 0.2) is 11.5 Å². The third-order valence-corrected chi connectivity index (χ3v) is 2.81. The lowest BCUT2D eigenvalue weighted by molar-refractivity contribution is 0.171. The van der Waals surface area contributed by atoms with Gasteiger partial charge in [0.25, 0.3) is 0 Å². The molecule has 0 radical (unpaired) electrons. The molecule has 70 valence electrons. The van der Waals surface area contributed by atoms with Crippen LogP contribution in [-0.4, -0.2) is 13.2 Å². The molecule has 0 saturated carbocycles. The van der Waals surface area contributed by atoms with Crippen LogP contribution in [0.15, 0.2) is 12.1 Å². The molecule has 2 nitrogen and oxygen atoms in total. The molecule has 0 atom stereocenters. The molecular formula is C9H8BrClO2. The summed E-state index contributed by atoms with van der Waals surface area (Å²) in [5.74, 6) is 1.52. The van der Waals surface area contributed by atoms with E-state index in [0.29, 0.717) is 18.2 Å². The lowest BCUT2D eigenvalue weighted by atomic mass is 10.2. The van der Waals surface area contributed by atoms with Crippen LogP contribution in [0.1, 0.15) is 5.56 Å². The maximum atomic E-state index is 6.00. The molecule has 0 aromatic heterocycles. The SMILES string of the molecule is Clc1cc2c(cc1CBr)OCCO2. The quantitative estimate of drug-likeness (QED) is 0.725. The van der Waals surface area contributed by atoms with Crippen molar-refractivity contribution >= 4 is 27.5 Å². The molecule has 1 aliphatic rings. The molecule has 0 aliphatic carbocycles. The van der Waals surface area contributed by atoms with E-state index in [1.54, 1.807) is 6.07 Å². The molecule has 0 spiro atoms. The van der Waals surface area contributed by atoms with Gasteiger partial charge in [0.2, 0.25) is 0 Å². The highest BCUT2D eigenvalue weighted by Crippen LogP contribution is 2.35. The highest BCUT2D eigenvalue weighted by molar-refractivity contribution is 9.08. The van der Waals surface area contributed by atoms with E-state index >= 15 is 0 Å². The highest BCUT2D eigenvalue weighted by atomic mass is 79.9. The molecule has 1 aliphatic heterocycles. The van der Waals surface area contributed by atoms with Gasteiger partial charge in [-0.3, -0.25) is 0 Å². The van der Waals surface area contributed by atoms with Gasteiger partial charge in [-0.05, 0) is 11.6 Å². The van der Waals surface area contributed by atoms with Gasteiger partial charge >= 0.3 is 0 Å². The Labute approximate surface area is 89.9 Å². The Morgan fingerprint density at radius 1 is 1.23 bits per heavy atom. The molecule has 0 unspecified atom stereocenters. The predicted molar refractivity (Wildman–Crippen MR) is 55.1 cm³/mol. The minimum Gasteiger partial charge on any atom is -0.486 e. The summed E-state index contributed by atoms with van der Waals surface area (Å²) in [6.07, 6.45) is 0. The van der Waals surface area contributed by atoms with Crippen LogP contribution >= 0.6 is 27.5 Å². The Balaban J connectivity index is 2.44. The second kappa shape index (κ2) is 3.76. The molecule has 0 N–H and O–H groups in total. The Hall–Kier alpha value is -0.410. The number of fused-ring (bicyclic) bond motifs is 1. The van der Waals surface area contributed by atoms with Gasteiger partial charge < -0.3 is 9.47 Å². The van der Waals surface area contributed by atoms with Crippen LogP contribution in [0, 0.1) is 0 Å². The molecule has 13 heavy (non-hydrogen) atoms. The number of benzene rings is 1. The van der Waals surface area contributed by atoms with Crippen LogP contribution in [0.25, 0.3) is 0 Å². The molecule has 0 fully saturated rings. The van der Waals surface area contributed by atoms with Crippen LogP contribution in [-0.2, 0) is 5.33 Å². The average Bonchev–Trinajstić information content (AvgIpc) is 2.17. The third-order valence-electron chi connectivity index (χ3n) is 1.86. The van der Waals surface area contributed by atoms with Crippen molar-refractivity contribution in [1.29, 1.82) is 0 Å². The topological polar surface area (TPSA) is 18.5 Å². The number of ether oxygens (including phenoxy) is 2. The maximum absolute atomic E-state index is 6.00. The van der Waals surface area contributed by atoms with E-state index in [9.17, 15) is 0 Å². The Bertz CT molecular complexity index is 328. The summed E-state index contributed by atoms with van der Waals surface area (Å²) in [7, 11) is 0. The predicted octanol–water partition coefficient (Wildman–Crippen LogP) is 3.01. The number of hydrogen-bond acceptors (Lipinski definition) is 2. The molecule has 0 saturated heterocycles. The summed E-state index contributed by atoms with van der Waals surface area (Å²) < 4.78 is 10.8. The molecular weight excluding hydrogens is 255 g/mol. The van der Waals surface area contributed by atoms with Gasteiger partial charge in [0.1, 0.15) is 13.2 Å². The zero-order valence-corrected chi connectivity index (χ0v) is 9.19. The second-order valence-corrected chi connectivity index (χ2v) is 3.69. The fraction of sp³-hybridized carbons (Fsp3) is 0.333. The zero-order valence-electron chi connectivity index (χ0n) is 6.85. The zero-order chi connectivity index (χ0) is 9.26. The summed E-state index contributed by atoms with van der Waals surface area (Å²) >= 11 is 9.35. The summed E-state index contributed by atoms with van der Waals surface area (Å²) in [5, 5.41) is 1.43. The first-order valence-electron chi connectivity index (χ1n) is 3.95. The normalized spacial score (nSPS) is 14.3. The Kier molecular flexibility index (Phi) is 2.65. The van der Waals surface area contributed by atoms with E-state index in [1.165, 1.54) is 0 Å². The van der Waals surface area contributed by atoms with Crippen LogP contribution in [0.5, 0.6) is 11.5 Å². The minimum absolute atomic E-state index is 0.594. The van der Waals surface area contributed by atoms with E-state index in [2.05, 4.69) is 15.9 Å². The standard InChI is InChI=1S/C9H8BrClO2/c10-5-6-3-8-9(4-7(6)11)13-2-1-12-8/h3-4H,1-2,5H2. The molecule has 4 heteroatoms. The summed E-state index contributed by atoms with van der Waals surface area (Å²) in [5.41, 5.74) is 1.02. The van der Waals surface area contributed by atoms with E-state index in [4.69, 9.17) is 21.1 Å². The number of halogens is 2. The summed E-state index contributed by atoms with van der Waals surface area (Å²) in [6.45, 7) is 1.20. The molecule has 0 amide bonds. The Morgan fingerprint density at radius 3 is 2.46 bits per heavy atom. The van der Waals surface area contributed by atoms with Crippen LogP contribution < -0.4 is 9.47 Å². The van der Waals surface area contributed by atoms with Gasteiger partial charge in [-0.15, -0.1) is 0 Å². The smallest absolute Gasteiger partial charge is 0.162 e. The van der Waals surface area contributed by atoms with Crippen molar-refractivity contribution in [3.63, 3.8) is 0 Å². The lowest BCUT2D eigenvalue weighted by Gasteiger charge is -2.19. The highest BCUT2D eigenvalue weighted by Gasteiger charge is 2.14. The van der Waals surface area contributed by atoms with Crippen LogP contribution in [0.3, 0.4) is 0 Å². The second-order valence-electron chi connectivity index (χ2n) is 2.72. The van der Waals surface area contributed by atoms with Crippen molar-refractivity contribution in [1.82, 2.24) is 0 Å². The maximum Gasteiger partial charge on any atom is 0.162 e. The van der Waals surface area contributed by atoms with Crippen LogP contribution in [0.2, 0.25) is 5.02 Å². The van der Waals surface area contributed by atoms with Crippen molar-refractivity contribution in [3.05, 3.63) is 22.7 Å². The molecule has 2 rings (SSSR count). The van der Waals surface area contributed by atoms with Crippen molar-refractivity contribution in [2.45, 2.75) is 5.33 Å². The van der Waals surface area contributed by atoms with Crippen LogP contribution in [0.4, 0.5) is 0 Å². The average molecular weight is 264 g/mol. The number of rotatable bonds is 1. The van der Waals surface area contributed by atoms with E-state index in [0.717, 1.165) is 22.4 Å².